The Morgan fingerprint density at radius 1 is 0.667 bits per heavy atom. The molecule has 0 radical (unpaired) electrons. The Balaban J connectivity index is 3.98. The van der Waals surface area contributed by atoms with Gasteiger partial charge in [0, 0.05) is 0 Å². The van der Waals surface area contributed by atoms with Gasteiger partial charge in [0.25, 0.3) is 0 Å². The molecule has 0 aliphatic heterocycles. The summed E-state index contributed by atoms with van der Waals surface area (Å²) in [5.74, 6) is -4.84. The van der Waals surface area contributed by atoms with Gasteiger partial charge < -0.3 is 20.4 Å². The largest absolute Gasteiger partial charge is 0.504 e. The van der Waals surface area contributed by atoms with Gasteiger partial charge in [-0.15, -0.1) is 0 Å². The number of hydrogen-bond acceptors (Lipinski definition) is 4. The van der Waals surface area contributed by atoms with Crippen LogP contribution in [0.2, 0.25) is 0 Å². The van der Waals surface area contributed by atoms with E-state index in [1.54, 1.807) is 18.2 Å². The second-order valence-electron chi connectivity index (χ2n) is 6.05. The molecule has 5 nitrogen and oxygen atoms in total. The van der Waals surface area contributed by atoms with Crippen molar-refractivity contribution in [2.24, 2.45) is 0 Å². The molecular formula is C22H32O5. The van der Waals surface area contributed by atoms with Gasteiger partial charge in [-0.2, -0.15) is 0 Å². The summed E-state index contributed by atoms with van der Waals surface area (Å²) in [5, 5.41) is 36.1. The Bertz CT molecular complexity index is 592. The Labute approximate surface area is 162 Å². The lowest BCUT2D eigenvalue weighted by atomic mass is 10.1. The van der Waals surface area contributed by atoms with E-state index in [1.807, 2.05) is 18.2 Å². The van der Waals surface area contributed by atoms with Crippen LogP contribution < -0.4 is 0 Å². The van der Waals surface area contributed by atoms with Crippen molar-refractivity contribution in [1.29, 1.82) is 0 Å². The van der Waals surface area contributed by atoms with E-state index in [4.69, 9.17) is 10.2 Å². The lowest BCUT2D eigenvalue weighted by Crippen LogP contribution is -2.05. The van der Waals surface area contributed by atoms with Crippen molar-refractivity contribution in [1.82, 2.24) is 0 Å². The highest BCUT2D eigenvalue weighted by Crippen LogP contribution is 2.09. The molecule has 150 valence electrons. The number of carboxylic acid groups (broad SMARTS) is 1. The number of unbranched alkanes of at least 4 members (excludes halogenated alkanes) is 7. The molecule has 0 aliphatic carbocycles. The summed E-state index contributed by atoms with van der Waals surface area (Å²) in [5.41, 5.74) is 0. The maximum absolute atomic E-state index is 10.4. The fourth-order valence-electron chi connectivity index (χ4n) is 2.16. The van der Waals surface area contributed by atoms with E-state index in [9.17, 15) is 15.0 Å². The molecule has 0 spiro atoms. The molecule has 0 aliphatic rings. The Morgan fingerprint density at radius 3 is 1.78 bits per heavy atom. The van der Waals surface area contributed by atoms with Crippen LogP contribution in [0.1, 0.15) is 58.3 Å². The number of carboxylic acids is 1. The SMILES string of the molecule is CCCCCCCCCC=CC=CC=CC=CC=C(O)C(O)=C(O)C(=O)O. The molecule has 0 amide bonds. The zero-order valence-electron chi connectivity index (χ0n) is 16.1. The topological polar surface area (TPSA) is 98.0 Å². The van der Waals surface area contributed by atoms with Crippen LogP contribution in [0.5, 0.6) is 0 Å². The van der Waals surface area contributed by atoms with Crippen molar-refractivity contribution in [3.8, 4) is 0 Å². The minimum Gasteiger partial charge on any atom is -0.504 e. The van der Waals surface area contributed by atoms with Gasteiger partial charge in [0.05, 0.1) is 0 Å². The van der Waals surface area contributed by atoms with Crippen molar-refractivity contribution in [2.45, 2.75) is 58.3 Å². The Kier molecular flexibility index (Phi) is 15.1. The molecule has 0 aromatic rings. The van der Waals surface area contributed by atoms with Crippen LogP contribution >= 0.6 is 0 Å². The van der Waals surface area contributed by atoms with Crippen LogP contribution in [0.3, 0.4) is 0 Å². The van der Waals surface area contributed by atoms with Gasteiger partial charge in [0.2, 0.25) is 11.5 Å². The van der Waals surface area contributed by atoms with Crippen LogP contribution in [0.4, 0.5) is 0 Å². The predicted octanol–water partition coefficient (Wildman–Crippen LogP) is 6.21. The van der Waals surface area contributed by atoms with Crippen LogP contribution in [-0.2, 0) is 4.79 Å². The van der Waals surface area contributed by atoms with E-state index in [0.717, 1.165) is 12.5 Å². The first kappa shape index (κ1) is 24.3. The van der Waals surface area contributed by atoms with Crippen LogP contribution in [0, 0.1) is 0 Å². The smallest absolute Gasteiger partial charge is 0.375 e. The van der Waals surface area contributed by atoms with Gasteiger partial charge in [0.1, 0.15) is 0 Å². The van der Waals surface area contributed by atoms with Gasteiger partial charge in [-0.05, 0) is 18.9 Å². The molecule has 5 heteroatoms. The highest BCUT2D eigenvalue weighted by atomic mass is 16.4. The molecule has 27 heavy (non-hydrogen) atoms. The van der Waals surface area contributed by atoms with Crippen LogP contribution in [-0.4, -0.2) is 26.4 Å². The molecule has 0 aromatic heterocycles. The number of allylic oxidation sites excluding steroid dienone is 9. The van der Waals surface area contributed by atoms with Crippen molar-refractivity contribution in [2.75, 3.05) is 0 Å². The van der Waals surface area contributed by atoms with E-state index in [2.05, 4.69) is 13.0 Å². The second kappa shape index (κ2) is 16.8. The number of aliphatic hydroxyl groups is 3. The fourth-order valence-corrected chi connectivity index (χ4v) is 2.16. The molecule has 0 unspecified atom stereocenters. The Hall–Kier alpha value is -2.69. The van der Waals surface area contributed by atoms with E-state index < -0.39 is 23.2 Å². The normalized spacial score (nSPS) is 14.0. The first-order valence-corrected chi connectivity index (χ1v) is 9.42. The molecule has 0 aromatic carbocycles. The third kappa shape index (κ3) is 14.2. The molecule has 4 N–H and O–H groups in total. The minimum absolute atomic E-state index is 0.733. The van der Waals surface area contributed by atoms with Gasteiger partial charge in [-0.1, -0.05) is 94.1 Å². The number of carbonyl (C=O) groups is 1. The molecular weight excluding hydrogens is 344 g/mol. The molecule has 0 heterocycles. The lowest BCUT2D eigenvalue weighted by molar-refractivity contribution is -0.135. The molecule has 0 fully saturated rings. The molecule has 0 saturated carbocycles. The van der Waals surface area contributed by atoms with Crippen molar-refractivity contribution in [3.05, 3.63) is 72.0 Å². The van der Waals surface area contributed by atoms with Gasteiger partial charge >= 0.3 is 5.97 Å². The molecule has 0 bridgehead atoms. The number of rotatable bonds is 14. The van der Waals surface area contributed by atoms with Crippen LogP contribution in [0.25, 0.3) is 0 Å². The van der Waals surface area contributed by atoms with Crippen molar-refractivity contribution < 1.29 is 25.2 Å². The third-order valence-electron chi connectivity index (χ3n) is 3.70. The lowest BCUT2D eigenvalue weighted by Gasteiger charge is -1.98. The average Bonchev–Trinajstić information content (AvgIpc) is 2.66. The summed E-state index contributed by atoms with van der Waals surface area (Å²) in [7, 11) is 0. The quantitative estimate of drug-likeness (QED) is 0.125. The van der Waals surface area contributed by atoms with E-state index in [1.165, 1.54) is 51.0 Å². The molecule has 0 saturated heterocycles. The monoisotopic (exact) mass is 376 g/mol. The third-order valence-corrected chi connectivity index (χ3v) is 3.70. The first-order chi connectivity index (χ1) is 13.0. The summed E-state index contributed by atoms with van der Waals surface area (Å²) in [6, 6.07) is 0. The molecule has 0 atom stereocenters. The number of hydrogen-bond donors (Lipinski definition) is 4. The average molecular weight is 376 g/mol. The first-order valence-electron chi connectivity index (χ1n) is 9.42. The standard InChI is InChI=1S/C22H32O5/c1-2-3-4-5-6-7-8-9-10-11-12-13-14-15-16-17-18-19(23)20(24)21(25)22(26)27/h10-18,23-25H,2-9H2,1H3,(H,26,27). The maximum Gasteiger partial charge on any atom is 0.375 e. The fraction of sp³-hybridized carbons (Fsp3) is 0.409. The second-order valence-corrected chi connectivity index (χ2v) is 6.05. The predicted molar refractivity (Wildman–Crippen MR) is 110 cm³/mol. The number of aliphatic hydroxyl groups excluding tert-OH is 3. The summed E-state index contributed by atoms with van der Waals surface area (Å²) >= 11 is 0. The van der Waals surface area contributed by atoms with Gasteiger partial charge in [-0.25, -0.2) is 4.79 Å². The summed E-state index contributed by atoms with van der Waals surface area (Å²) in [6.45, 7) is 2.23. The highest BCUT2D eigenvalue weighted by Gasteiger charge is 2.14. The van der Waals surface area contributed by atoms with E-state index >= 15 is 0 Å². The van der Waals surface area contributed by atoms with Crippen molar-refractivity contribution in [3.63, 3.8) is 0 Å². The highest BCUT2D eigenvalue weighted by molar-refractivity contribution is 5.84. The zero-order valence-corrected chi connectivity index (χ0v) is 16.1. The maximum atomic E-state index is 10.4. The van der Waals surface area contributed by atoms with Gasteiger partial charge in [0.15, 0.2) is 5.76 Å². The van der Waals surface area contributed by atoms with Crippen molar-refractivity contribution >= 4 is 5.97 Å². The van der Waals surface area contributed by atoms with E-state index in [0.29, 0.717) is 0 Å². The van der Waals surface area contributed by atoms with E-state index in [-0.39, 0.29) is 0 Å². The molecule has 0 rings (SSSR count). The minimum atomic E-state index is -1.72. The Morgan fingerprint density at radius 2 is 1.19 bits per heavy atom. The van der Waals surface area contributed by atoms with Crippen LogP contribution in [0.15, 0.2) is 72.0 Å². The number of aliphatic carboxylic acids is 1. The summed E-state index contributed by atoms with van der Waals surface area (Å²) in [6.07, 6.45) is 25.8. The summed E-state index contributed by atoms with van der Waals surface area (Å²) < 4.78 is 0. The zero-order chi connectivity index (χ0) is 20.3. The summed E-state index contributed by atoms with van der Waals surface area (Å²) in [4.78, 5) is 10.4. The van der Waals surface area contributed by atoms with Gasteiger partial charge in [-0.3, -0.25) is 0 Å².